The molecule has 0 heterocycles. The molecule has 0 radical (unpaired) electrons. The van der Waals surface area contributed by atoms with E-state index in [4.69, 9.17) is 5.73 Å². The third kappa shape index (κ3) is 2.64. The Kier molecular flexibility index (Phi) is 3.72. The molecule has 0 spiro atoms. The molecule has 0 aromatic heterocycles. The molecule has 0 saturated carbocycles. The van der Waals surface area contributed by atoms with Crippen LogP contribution in [0.5, 0.6) is 0 Å². The largest absolute Gasteiger partial charge is 0.394 e. The molecule has 0 aliphatic heterocycles. The molecule has 0 aromatic rings. The van der Waals surface area contributed by atoms with Crippen molar-refractivity contribution in [1.82, 2.24) is 5.32 Å². The van der Waals surface area contributed by atoms with Gasteiger partial charge in [0.05, 0.1) is 0 Å². The Morgan fingerprint density at radius 3 is 2.30 bits per heavy atom. The molecular formula is C7H14N2O. The van der Waals surface area contributed by atoms with Crippen LogP contribution in [0, 0.1) is 0 Å². The van der Waals surface area contributed by atoms with Gasteiger partial charge >= 0.3 is 0 Å². The van der Waals surface area contributed by atoms with E-state index >= 15 is 0 Å². The Morgan fingerprint density at radius 2 is 2.20 bits per heavy atom. The molecule has 58 valence electrons. The molecule has 0 rings (SSSR count). The van der Waals surface area contributed by atoms with E-state index in [2.05, 4.69) is 5.32 Å². The number of Topliss-reactive ketones (excluding diaryl/α,β-unsaturated/α-hetero) is 1. The van der Waals surface area contributed by atoms with E-state index < -0.39 is 0 Å². The summed E-state index contributed by atoms with van der Waals surface area (Å²) in [5.41, 5.74) is 6.12. The maximum absolute atomic E-state index is 10.8. The van der Waals surface area contributed by atoms with Crippen molar-refractivity contribution in [1.29, 1.82) is 0 Å². The van der Waals surface area contributed by atoms with Gasteiger partial charge in [0.25, 0.3) is 0 Å². The summed E-state index contributed by atoms with van der Waals surface area (Å²) < 4.78 is 0. The van der Waals surface area contributed by atoms with Crippen LogP contribution >= 0.6 is 0 Å². The summed E-state index contributed by atoms with van der Waals surface area (Å²) in [6.07, 6.45) is 1.63. The number of hydrogen-bond acceptors (Lipinski definition) is 3. The van der Waals surface area contributed by atoms with Crippen molar-refractivity contribution in [3.63, 3.8) is 0 Å². The fourth-order valence-corrected chi connectivity index (χ4v) is 0.709. The van der Waals surface area contributed by atoms with Crippen LogP contribution < -0.4 is 11.1 Å². The Morgan fingerprint density at radius 1 is 1.70 bits per heavy atom. The van der Waals surface area contributed by atoms with Gasteiger partial charge in [0.1, 0.15) is 0 Å². The maximum Gasteiger partial charge on any atom is 0.158 e. The number of nitrogens with one attached hydrogen (secondary N) is 1. The lowest BCUT2D eigenvalue weighted by atomic mass is 10.1. The number of rotatable bonds is 3. The molecule has 0 saturated heterocycles. The lowest BCUT2D eigenvalue weighted by Crippen LogP contribution is -2.23. The number of hydrogen-bond donors (Lipinski definition) is 2. The Bertz CT molecular complexity index is 150. The molecule has 3 N–H and O–H groups in total. The Hall–Kier alpha value is -0.830. The first-order chi connectivity index (χ1) is 4.59. The van der Waals surface area contributed by atoms with Crippen molar-refractivity contribution < 1.29 is 4.79 Å². The normalized spacial score (nSPS) is 14.6. The lowest BCUT2D eigenvalue weighted by molar-refractivity contribution is -0.113. The van der Waals surface area contributed by atoms with Gasteiger partial charge in [-0.1, -0.05) is 0 Å². The molecule has 3 nitrogen and oxygen atoms in total. The smallest absolute Gasteiger partial charge is 0.158 e. The molecule has 3 heteroatoms. The third-order valence-corrected chi connectivity index (χ3v) is 1.20. The highest BCUT2D eigenvalue weighted by atomic mass is 16.1. The molecule has 1 unspecified atom stereocenters. The maximum atomic E-state index is 10.8. The minimum atomic E-state index is -0.190. The molecule has 1 atom stereocenters. The topological polar surface area (TPSA) is 55.1 Å². The predicted molar refractivity (Wildman–Crippen MR) is 41.5 cm³/mol. The Labute approximate surface area is 61.3 Å². The van der Waals surface area contributed by atoms with Gasteiger partial charge in [-0.2, -0.15) is 0 Å². The van der Waals surface area contributed by atoms with Crippen LogP contribution in [0.3, 0.4) is 0 Å². The minimum Gasteiger partial charge on any atom is -0.394 e. The van der Waals surface area contributed by atoms with Crippen LogP contribution in [0.25, 0.3) is 0 Å². The van der Waals surface area contributed by atoms with Gasteiger partial charge in [0, 0.05) is 24.9 Å². The van der Waals surface area contributed by atoms with Gasteiger partial charge in [-0.25, -0.2) is 0 Å². The summed E-state index contributed by atoms with van der Waals surface area (Å²) in [6, 6.07) is -0.190. The zero-order valence-corrected chi connectivity index (χ0v) is 6.64. The molecule has 0 aromatic carbocycles. The molecule has 10 heavy (non-hydrogen) atoms. The number of ketones is 1. The van der Waals surface area contributed by atoms with E-state index in [1.165, 1.54) is 6.92 Å². The standard InChI is InChI=1S/C7H14N2O/c1-5(8)7(4-9-3)6(2)10/h4-5,9H,8H2,1-3H3/b7-4+. The molecule has 0 aliphatic carbocycles. The van der Waals surface area contributed by atoms with Gasteiger partial charge < -0.3 is 11.1 Å². The fourth-order valence-electron chi connectivity index (χ4n) is 0.709. The quantitative estimate of drug-likeness (QED) is 0.546. The van der Waals surface area contributed by atoms with E-state index in [1.807, 2.05) is 0 Å². The van der Waals surface area contributed by atoms with Gasteiger partial charge in [-0.15, -0.1) is 0 Å². The van der Waals surface area contributed by atoms with Crippen molar-refractivity contribution in [3.8, 4) is 0 Å². The zero-order chi connectivity index (χ0) is 8.15. The van der Waals surface area contributed by atoms with E-state index in [9.17, 15) is 4.79 Å². The van der Waals surface area contributed by atoms with Crippen molar-refractivity contribution in [2.24, 2.45) is 5.73 Å². The van der Waals surface area contributed by atoms with E-state index in [0.717, 1.165) is 0 Å². The first-order valence-corrected chi connectivity index (χ1v) is 3.23. The molecule has 0 aliphatic rings. The van der Waals surface area contributed by atoms with Crippen LogP contribution in [0.2, 0.25) is 0 Å². The summed E-state index contributed by atoms with van der Waals surface area (Å²) in [5.74, 6) is 0.0179. The summed E-state index contributed by atoms with van der Waals surface area (Å²) >= 11 is 0. The monoisotopic (exact) mass is 142 g/mol. The average Bonchev–Trinajstić information content (AvgIpc) is 1.81. The van der Waals surface area contributed by atoms with Crippen LogP contribution in [-0.4, -0.2) is 18.9 Å². The second-order valence-corrected chi connectivity index (χ2v) is 2.23. The SMILES string of the molecule is CN/C=C(/C(C)=O)C(C)N. The van der Waals surface area contributed by atoms with Crippen molar-refractivity contribution in [3.05, 3.63) is 11.8 Å². The second kappa shape index (κ2) is 4.06. The van der Waals surface area contributed by atoms with Crippen LogP contribution in [0.1, 0.15) is 13.8 Å². The lowest BCUT2D eigenvalue weighted by Gasteiger charge is -2.06. The number of carbonyl (C=O) groups is 1. The number of carbonyl (C=O) groups excluding carboxylic acids is 1. The summed E-state index contributed by atoms with van der Waals surface area (Å²) in [6.45, 7) is 3.29. The van der Waals surface area contributed by atoms with Crippen LogP contribution in [-0.2, 0) is 4.79 Å². The molecule has 0 fully saturated rings. The first-order valence-electron chi connectivity index (χ1n) is 3.23. The summed E-state index contributed by atoms with van der Waals surface area (Å²) in [7, 11) is 1.74. The minimum absolute atomic E-state index is 0.0179. The highest BCUT2D eigenvalue weighted by Gasteiger charge is 2.07. The number of nitrogens with two attached hydrogens (primary N) is 1. The van der Waals surface area contributed by atoms with Gasteiger partial charge in [-0.05, 0) is 13.8 Å². The highest BCUT2D eigenvalue weighted by Crippen LogP contribution is 1.98. The first kappa shape index (κ1) is 9.17. The van der Waals surface area contributed by atoms with Gasteiger partial charge in [0.15, 0.2) is 5.78 Å². The summed E-state index contributed by atoms with van der Waals surface area (Å²) in [5, 5.41) is 2.77. The third-order valence-electron chi connectivity index (χ3n) is 1.20. The Balaban J connectivity index is 4.27. The van der Waals surface area contributed by atoms with E-state index in [0.29, 0.717) is 5.57 Å². The van der Waals surface area contributed by atoms with E-state index in [-0.39, 0.29) is 11.8 Å². The zero-order valence-electron chi connectivity index (χ0n) is 6.64. The van der Waals surface area contributed by atoms with E-state index in [1.54, 1.807) is 20.2 Å². The fraction of sp³-hybridized carbons (Fsp3) is 0.571. The molecule has 0 bridgehead atoms. The average molecular weight is 142 g/mol. The van der Waals surface area contributed by atoms with Crippen molar-refractivity contribution >= 4 is 5.78 Å². The highest BCUT2D eigenvalue weighted by molar-refractivity contribution is 5.94. The van der Waals surface area contributed by atoms with Crippen molar-refractivity contribution in [2.45, 2.75) is 19.9 Å². The van der Waals surface area contributed by atoms with Crippen LogP contribution in [0.15, 0.2) is 11.8 Å². The van der Waals surface area contributed by atoms with Crippen molar-refractivity contribution in [2.75, 3.05) is 7.05 Å². The molecular weight excluding hydrogens is 128 g/mol. The van der Waals surface area contributed by atoms with Gasteiger partial charge in [-0.3, -0.25) is 4.79 Å². The van der Waals surface area contributed by atoms with Crippen LogP contribution in [0.4, 0.5) is 0 Å². The van der Waals surface area contributed by atoms with Gasteiger partial charge in [0.2, 0.25) is 0 Å². The summed E-state index contributed by atoms with van der Waals surface area (Å²) in [4.78, 5) is 10.8. The molecule has 0 amide bonds. The second-order valence-electron chi connectivity index (χ2n) is 2.23. The predicted octanol–water partition coefficient (Wildman–Crippen LogP) is 0.0259.